The maximum absolute atomic E-state index is 11.9. The van der Waals surface area contributed by atoms with Crippen LogP contribution in [0.3, 0.4) is 0 Å². The van der Waals surface area contributed by atoms with E-state index in [0.717, 1.165) is 59.8 Å². The van der Waals surface area contributed by atoms with Gasteiger partial charge in [-0.1, -0.05) is 24.3 Å². The van der Waals surface area contributed by atoms with Gasteiger partial charge in [0, 0.05) is 30.9 Å². The first kappa shape index (κ1) is 24.8. The molecule has 0 spiro atoms. The van der Waals surface area contributed by atoms with Crippen molar-refractivity contribution in [3.63, 3.8) is 0 Å². The molecule has 3 aliphatic heterocycles. The van der Waals surface area contributed by atoms with Gasteiger partial charge < -0.3 is 24.7 Å². The number of fused-ring (bicyclic) bond motifs is 4. The molecule has 2 N–H and O–H groups in total. The van der Waals surface area contributed by atoms with Crippen molar-refractivity contribution >= 4 is 33.6 Å². The second kappa shape index (κ2) is 9.78. The molecular formula is C30H32N6O4. The molecule has 1 amide bonds. The third-order valence-corrected chi connectivity index (χ3v) is 8.74. The summed E-state index contributed by atoms with van der Waals surface area (Å²) < 4.78 is 6.21. The van der Waals surface area contributed by atoms with E-state index in [1.807, 2.05) is 30.3 Å². The van der Waals surface area contributed by atoms with Crippen LogP contribution < -0.4 is 9.64 Å². The normalized spacial score (nSPS) is 22.9. The zero-order valence-corrected chi connectivity index (χ0v) is 22.4. The smallest absolute Gasteiger partial charge is 0.407 e. The number of piperazine rings is 1. The topological polar surface area (TPSA) is 115 Å². The van der Waals surface area contributed by atoms with E-state index < -0.39 is 6.09 Å². The third kappa shape index (κ3) is 4.32. The minimum absolute atomic E-state index is 0.0661. The van der Waals surface area contributed by atoms with Crippen molar-refractivity contribution in [2.24, 2.45) is 0 Å². The van der Waals surface area contributed by atoms with Crippen LogP contribution in [0, 0.1) is 0 Å². The molecule has 7 rings (SSSR count). The highest BCUT2D eigenvalue weighted by atomic mass is 16.5. The largest absolute Gasteiger partial charge is 0.508 e. The molecule has 3 saturated heterocycles. The van der Waals surface area contributed by atoms with Crippen molar-refractivity contribution in [1.29, 1.82) is 0 Å². The van der Waals surface area contributed by atoms with Crippen molar-refractivity contribution in [1.82, 2.24) is 24.8 Å². The van der Waals surface area contributed by atoms with E-state index in [2.05, 4.69) is 16.8 Å². The monoisotopic (exact) mass is 540 g/mol. The predicted octanol–water partition coefficient (Wildman–Crippen LogP) is 4.35. The molecule has 206 valence electrons. The van der Waals surface area contributed by atoms with E-state index in [1.165, 1.54) is 0 Å². The predicted molar refractivity (Wildman–Crippen MR) is 152 cm³/mol. The Balaban J connectivity index is 1.31. The highest BCUT2D eigenvalue weighted by molar-refractivity contribution is 5.99. The van der Waals surface area contributed by atoms with Gasteiger partial charge >= 0.3 is 12.1 Å². The zero-order chi connectivity index (χ0) is 27.4. The average Bonchev–Trinajstić information content (AvgIpc) is 3.49. The number of carbonyl (C=O) groups is 1. The van der Waals surface area contributed by atoms with Crippen molar-refractivity contribution in [2.75, 3.05) is 38.2 Å². The van der Waals surface area contributed by atoms with Crippen molar-refractivity contribution < 1.29 is 19.7 Å². The van der Waals surface area contributed by atoms with Crippen LogP contribution >= 0.6 is 0 Å². The Kier molecular flexibility index (Phi) is 6.07. The second-order valence-corrected chi connectivity index (χ2v) is 11.2. The Labute approximate surface area is 231 Å². The average molecular weight is 541 g/mol. The van der Waals surface area contributed by atoms with E-state index in [0.29, 0.717) is 43.0 Å². The fourth-order valence-corrected chi connectivity index (χ4v) is 6.70. The van der Waals surface area contributed by atoms with E-state index in [9.17, 15) is 15.0 Å². The Bertz CT molecular complexity index is 1600. The van der Waals surface area contributed by atoms with Gasteiger partial charge in [0.2, 0.25) is 0 Å². The van der Waals surface area contributed by atoms with Crippen LogP contribution in [0.5, 0.6) is 11.8 Å². The number of phenols is 1. The third-order valence-electron chi connectivity index (χ3n) is 8.74. The van der Waals surface area contributed by atoms with Crippen LogP contribution in [0.1, 0.15) is 25.7 Å². The molecule has 5 heterocycles. The van der Waals surface area contributed by atoms with Crippen molar-refractivity contribution in [2.45, 2.75) is 43.8 Å². The summed E-state index contributed by atoms with van der Waals surface area (Å²) in [5, 5.41) is 22.9. The number of benzene rings is 2. The molecule has 10 heteroatoms. The molecule has 4 aromatic rings. The summed E-state index contributed by atoms with van der Waals surface area (Å²) in [6, 6.07) is 13.8. The number of ether oxygens (including phenoxy) is 1. The van der Waals surface area contributed by atoms with Gasteiger partial charge in [0.25, 0.3) is 0 Å². The summed E-state index contributed by atoms with van der Waals surface area (Å²) in [7, 11) is 2.11. The fourth-order valence-electron chi connectivity index (χ4n) is 6.70. The van der Waals surface area contributed by atoms with Crippen molar-refractivity contribution in [3.05, 3.63) is 48.7 Å². The Morgan fingerprint density at radius 1 is 1.05 bits per heavy atom. The number of anilines is 1. The molecule has 0 saturated carbocycles. The number of aromatic hydroxyl groups is 1. The molecule has 40 heavy (non-hydrogen) atoms. The van der Waals surface area contributed by atoms with Gasteiger partial charge in [0.05, 0.1) is 28.7 Å². The lowest BCUT2D eigenvalue weighted by molar-refractivity contribution is 0.114. The number of aromatic nitrogens is 3. The molecular weight excluding hydrogens is 508 g/mol. The van der Waals surface area contributed by atoms with Crippen LogP contribution in [-0.2, 0) is 0 Å². The van der Waals surface area contributed by atoms with Crippen LogP contribution in [-0.4, -0.2) is 92.5 Å². The maximum Gasteiger partial charge on any atom is 0.407 e. The lowest BCUT2D eigenvalue weighted by Gasteiger charge is -2.40. The standard InChI is InChI=1S/C30H32N6O4/c1-34-10-4-6-21(34)17-40-29-32-27-13-26(24-12-22(37)11-18-5-2-3-7-23(18)24)31-14-25(27)28(33-29)35-15-19-8-9-20(16-35)36(19)30(38)39/h2-3,5,7,11-14,19-21,37H,4,6,8-10,15-17H2,1H3,(H,38,39)/t19-,20+,21-/m0/s1. The first-order valence-corrected chi connectivity index (χ1v) is 13.9. The number of phenolic OH excluding ortho intramolecular Hbond substituents is 1. The van der Waals surface area contributed by atoms with Gasteiger partial charge in [-0.2, -0.15) is 9.97 Å². The number of nitrogens with zero attached hydrogens (tertiary/aromatic N) is 6. The molecule has 2 bridgehead atoms. The number of pyridine rings is 1. The van der Waals surface area contributed by atoms with E-state index >= 15 is 0 Å². The van der Waals surface area contributed by atoms with Gasteiger partial charge in [-0.3, -0.25) is 9.88 Å². The minimum Gasteiger partial charge on any atom is -0.508 e. The van der Waals surface area contributed by atoms with Crippen molar-refractivity contribution in [3.8, 4) is 23.0 Å². The number of amides is 1. The number of likely N-dealkylation sites (N-methyl/N-ethyl adjacent to an activating group) is 1. The minimum atomic E-state index is -0.853. The quantitative estimate of drug-likeness (QED) is 0.381. The fraction of sp³-hybridized carbons (Fsp3) is 0.400. The van der Waals surface area contributed by atoms with Crippen LogP contribution in [0.25, 0.3) is 32.9 Å². The summed E-state index contributed by atoms with van der Waals surface area (Å²) in [5.41, 5.74) is 2.22. The van der Waals surface area contributed by atoms with Crippen LogP contribution in [0.2, 0.25) is 0 Å². The molecule has 0 aliphatic carbocycles. The second-order valence-electron chi connectivity index (χ2n) is 11.2. The van der Waals surface area contributed by atoms with Gasteiger partial charge in [0.15, 0.2) is 0 Å². The molecule has 0 unspecified atom stereocenters. The zero-order valence-electron chi connectivity index (χ0n) is 22.4. The molecule has 0 radical (unpaired) electrons. The van der Waals surface area contributed by atoms with E-state index in [-0.39, 0.29) is 17.8 Å². The van der Waals surface area contributed by atoms with Crippen LogP contribution in [0.15, 0.2) is 48.7 Å². The molecule has 10 nitrogen and oxygen atoms in total. The lowest BCUT2D eigenvalue weighted by Crippen LogP contribution is -2.55. The highest BCUT2D eigenvalue weighted by Crippen LogP contribution is 2.37. The highest BCUT2D eigenvalue weighted by Gasteiger charge is 2.43. The number of carboxylic acid groups (broad SMARTS) is 1. The summed E-state index contributed by atoms with van der Waals surface area (Å²) >= 11 is 0. The van der Waals surface area contributed by atoms with E-state index in [4.69, 9.17) is 19.7 Å². The number of rotatable bonds is 5. The van der Waals surface area contributed by atoms with Gasteiger partial charge in [-0.05, 0) is 68.2 Å². The summed E-state index contributed by atoms with van der Waals surface area (Å²) in [6.07, 6.45) is 4.86. The summed E-state index contributed by atoms with van der Waals surface area (Å²) in [6.45, 7) is 2.70. The van der Waals surface area contributed by atoms with Gasteiger partial charge in [0.1, 0.15) is 18.2 Å². The number of hydrogen-bond acceptors (Lipinski definition) is 8. The Morgan fingerprint density at radius 2 is 1.85 bits per heavy atom. The number of likely N-dealkylation sites (tertiary alicyclic amines) is 1. The van der Waals surface area contributed by atoms with E-state index in [1.54, 1.807) is 23.2 Å². The van der Waals surface area contributed by atoms with Crippen LogP contribution in [0.4, 0.5) is 10.6 Å². The Hall–Kier alpha value is -4.18. The lowest BCUT2D eigenvalue weighted by atomic mass is 10.0. The molecule has 2 aromatic heterocycles. The molecule has 2 aromatic carbocycles. The van der Waals surface area contributed by atoms with Gasteiger partial charge in [-0.25, -0.2) is 4.79 Å². The molecule has 3 aliphatic rings. The SMILES string of the molecule is CN1CCC[C@H]1COc1nc(N2C[C@H]3CC[C@@H](C2)N3C(=O)O)c2cnc(-c3cc(O)cc4ccccc34)cc2n1. The maximum atomic E-state index is 11.9. The Morgan fingerprint density at radius 3 is 2.60 bits per heavy atom. The number of hydrogen-bond donors (Lipinski definition) is 2. The summed E-state index contributed by atoms with van der Waals surface area (Å²) in [5.74, 6) is 0.900. The van der Waals surface area contributed by atoms with Gasteiger partial charge in [-0.15, -0.1) is 0 Å². The first-order chi connectivity index (χ1) is 19.4. The molecule has 3 atom stereocenters. The molecule has 3 fully saturated rings. The first-order valence-electron chi connectivity index (χ1n) is 13.9. The summed E-state index contributed by atoms with van der Waals surface area (Å²) in [4.78, 5) is 32.5.